The Morgan fingerprint density at radius 1 is 0.471 bits per heavy atom. The molecule has 0 atom stereocenters. The van der Waals surface area contributed by atoms with Gasteiger partial charge in [0, 0.05) is 130 Å². The van der Waals surface area contributed by atoms with Crippen LogP contribution in [0, 0.1) is 0 Å². The van der Waals surface area contributed by atoms with Crippen molar-refractivity contribution in [2.24, 2.45) is 28.7 Å². The molecule has 0 aromatic carbocycles. The molecule has 0 amide bonds. The summed E-state index contributed by atoms with van der Waals surface area (Å²) in [6.45, 7) is 23.1. The summed E-state index contributed by atoms with van der Waals surface area (Å²) >= 11 is 0. The molecule has 0 unspecified atom stereocenters. The van der Waals surface area contributed by atoms with Crippen LogP contribution < -0.4 is 39.3 Å². The van der Waals surface area contributed by atoms with E-state index < -0.39 is 0 Å². The molecule has 0 aliphatic carbocycles. The molecule has 34 heavy (non-hydrogen) atoms. The van der Waals surface area contributed by atoms with Crippen molar-refractivity contribution in [2.45, 2.75) is 26.3 Å². The molecule has 0 radical (unpaired) electrons. The van der Waals surface area contributed by atoms with Gasteiger partial charge in [-0.15, -0.1) is 0 Å². The highest BCUT2D eigenvalue weighted by Gasteiger charge is 2.19. The second kappa shape index (κ2) is 21.8. The summed E-state index contributed by atoms with van der Waals surface area (Å²) in [6.07, 6.45) is 0. The molecule has 0 aromatic rings. The van der Waals surface area contributed by atoms with Crippen LogP contribution in [0.3, 0.4) is 0 Å². The van der Waals surface area contributed by atoms with Gasteiger partial charge in [0.2, 0.25) is 0 Å². The van der Waals surface area contributed by atoms with Crippen LogP contribution in [0.4, 0.5) is 0 Å². The van der Waals surface area contributed by atoms with Gasteiger partial charge in [0.15, 0.2) is 0 Å². The van der Waals surface area contributed by atoms with Gasteiger partial charge in [0.05, 0.1) is 0 Å². The van der Waals surface area contributed by atoms with Crippen molar-refractivity contribution in [3.63, 3.8) is 0 Å². The van der Waals surface area contributed by atoms with E-state index in [2.05, 4.69) is 51.0 Å². The van der Waals surface area contributed by atoms with Gasteiger partial charge in [0.1, 0.15) is 0 Å². The molecular weight excluding hydrogens is 430 g/mol. The summed E-state index contributed by atoms with van der Waals surface area (Å²) in [4.78, 5) is 9.69. The molecule has 0 bridgehead atoms. The van der Waals surface area contributed by atoms with Gasteiger partial charge in [-0.2, -0.15) is 0 Å². The molecule has 0 aromatic heterocycles. The Balaban J connectivity index is 4.70. The molecule has 0 aliphatic rings. The van der Waals surface area contributed by atoms with Crippen molar-refractivity contribution in [3.05, 3.63) is 0 Å². The molecule has 11 heteroatoms. The van der Waals surface area contributed by atoms with Gasteiger partial charge in [-0.1, -0.05) is 0 Å². The maximum absolute atomic E-state index is 5.91. The van der Waals surface area contributed by atoms with Gasteiger partial charge < -0.3 is 39.3 Å². The highest BCUT2D eigenvalue weighted by Crippen LogP contribution is 2.10. The molecular formula is C23H59N11. The fourth-order valence-corrected chi connectivity index (χ4v) is 3.84. The first-order chi connectivity index (χ1) is 16.3. The third-order valence-electron chi connectivity index (χ3n) is 5.98. The summed E-state index contributed by atoms with van der Waals surface area (Å²) < 4.78 is 0. The quantitative estimate of drug-likeness (QED) is 0.0542. The minimum Gasteiger partial charge on any atom is -0.329 e. The highest BCUT2D eigenvalue weighted by atomic mass is 15.3. The summed E-state index contributed by atoms with van der Waals surface area (Å²) in [7, 11) is 0. The Hall–Kier alpha value is -0.440. The van der Waals surface area contributed by atoms with Crippen LogP contribution in [0.2, 0.25) is 0 Å². The third kappa shape index (κ3) is 17.9. The second-order valence-corrected chi connectivity index (χ2v) is 9.81. The van der Waals surface area contributed by atoms with E-state index in [9.17, 15) is 0 Å². The first-order valence-corrected chi connectivity index (χ1v) is 13.2. The maximum Gasteiger partial charge on any atom is 0.0486 e. The summed E-state index contributed by atoms with van der Waals surface area (Å²) in [6, 6.07) is 0. The smallest absolute Gasteiger partial charge is 0.0486 e. The van der Waals surface area contributed by atoms with Crippen molar-refractivity contribution in [2.75, 3.05) is 124 Å². The SMILES string of the molecule is CC(C)(C)N(CCN)CNCCN(CCNCCN)CCN(CCN)CCN(CCN)CCN. The second-order valence-electron chi connectivity index (χ2n) is 9.81. The number of nitrogens with one attached hydrogen (secondary N) is 2. The fraction of sp³-hybridized carbons (Fsp3) is 1.00. The average molecular weight is 490 g/mol. The van der Waals surface area contributed by atoms with Crippen LogP contribution in [-0.2, 0) is 0 Å². The van der Waals surface area contributed by atoms with Crippen molar-refractivity contribution >= 4 is 0 Å². The van der Waals surface area contributed by atoms with Crippen LogP contribution >= 0.6 is 0 Å². The van der Waals surface area contributed by atoms with Crippen LogP contribution in [-0.4, -0.2) is 150 Å². The Bertz CT molecular complexity index is 428. The van der Waals surface area contributed by atoms with Gasteiger partial charge >= 0.3 is 0 Å². The predicted octanol–water partition coefficient (Wildman–Crippen LogP) is -3.08. The standard InChI is InChI=1S/C23H59N11/c1-23(2,3)34(15-8-28)22-30-11-17-33(16-10-29-9-4-24)21-20-32(14-7-27)19-18-31(12-5-25)13-6-26/h29-30H,4-22,24-28H2,1-3H3. The van der Waals surface area contributed by atoms with Gasteiger partial charge in [-0.25, -0.2) is 0 Å². The van der Waals surface area contributed by atoms with Crippen LogP contribution in [0.1, 0.15) is 20.8 Å². The van der Waals surface area contributed by atoms with E-state index in [0.29, 0.717) is 32.7 Å². The molecule has 0 saturated heterocycles. The lowest BCUT2D eigenvalue weighted by Gasteiger charge is -2.35. The molecule has 0 fully saturated rings. The minimum absolute atomic E-state index is 0.0998. The highest BCUT2D eigenvalue weighted by molar-refractivity contribution is 4.76. The topological polar surface area (TPSA) is 167 Å². The maximum atomic E-state index is 5.91. The van der Waals surface area contributed by atoms with Gasteiger partial charge in [0.25, 0.3) is 0 Å². The van der Waals surface area contributed by atoms with E-state index >= 15 is 0 Å². The van der Waals surface area contributed by atoms with Gasteiger partial charge in [-0.05, 0) is 20.8 Å². The largest absolute Gasteiger partial charge is 0.329 e. The van der Waals surface area contributed by atoms with Gasteiger partial charge in [-0.3, -0.25) is 19.6 Å². The van der Waals surface area contributed by atoms with Crippen LogP contribution in [0.25, 0.3) is 0 Å². The molecule has 11 nitrogen and oxygen atoms in total. The van der Waals surface area contributed by atoms with E-state index in [4.69, 9.17) is 28.7 Å². The zero-order valence-electron chi connectivity index (χ0n) is 22.6. The van der Waals surface area contributed by atoms with Crippen molar-refractivity contribution in [1.29, 1.82) is 0 Å². The molecule has 0 saturated carbocycles. The summed E-state index contributed by atoms with van der Waals surface area (Å²) in [5.41, 5.74) is 28.9. The molecule has 0 aliphatic heterocycles. The van der Waals surface area contributed by atoms with Crippen LogP contribution in [0.15, 0.2) is 0 Å². The summed E-state index contributed by atoms with van der Waals surface area (Å²) in [5, 5.41) is 7.03. The van der Waals surface area contributed by atoms with Crippen LogP contribution in [0.5, 0.6) is 0 Å². The van der Waals surface area contributed by atoms with E-state index in [-0.39, 0.29) is 5.54 Å². The molecule has 0 spiro atoms. The predicted molar refractivity (Wildman–Crippen MR) is 147 cm³/mol. The fourth-order valence-electron chi connectivity index (χ4n) is 3.84. The lowest BCUT2D eigenvalue weighted by atomic mass is 10.1. The Morgan fingerprint density at radius 3 is 1.29 bits per heavy atom. The van der Waals surface area contributed by atoms with Crippen molar-refractivity contribution < 1.29 is 0 Å². The zero-order valence-corrected chi connectivity index (χ0v) is 22.6. The first kappa shape index (κ1) is 33.6. The van der Waals surface area contributed by atoms with E-state index in [1.165, 1.54) is 0 Å². The lowest BCUT2D eigenvalue weighted by Crippen LogP contribution is -2.50. The normalized spacial score (nSPS) is 12.7. The van der Waals surface area contributed by atoms with E-state index in [1.807, 2.05) is 0 Å². The average Bonchev–Trinajstić information content (AvgIpc) is 2.79. The number of nitrogens with two attached hydrogens (primary N) is 5. The van der Waals surface area contributed by atoms with Crippen molar-refractivity contribution in [3.8, 4) is 0 Å². The number of rotatable bonds is 24. The third-order valence-corrected chi connectivity index (χ3v) is 5.98. The first-order valence-electron chi connectivity index (χ1n) is 13.2. The Labute approximate surface area is 210 Å². The summed E-state index contributed by atoms with van der Waals surface area (Å²) in [5.74, 6) is 0. The molecule has 0 rings (SSSR count). The monoisotopic (exact) mass is 489 g/mol. The minimum atomic E-state index is 0.0998. The molecule has 206 valence electrons. The van der Waals surface area contributed by atoms with E-state index in [1.54, 1.807) is 0 Å². The molecule has 12 N–H and O–H groups in total. The zero-order chi connectivity index (χ0) is 25.7. The number of hydrogen-bond acceptors (Lipinski definition) is 11. The Morgan fingerprint density at radius 2 is 0.882 bits per heavy atom. The number of nitrogens with zero attached hydrogens (tertiary/aromatic N) is 4. The molecule has 0 heterocycles. The Kier molecular flexibility index (Phi) is 21.5. The number of hydrogen-bond donors (Lipinski definition) is 7. The van der Waals surface area contributed by atoms with Crippen molar-refractivity contribution in [1.82, 2.24) is 30.2 Å². The van der Waals surface area contributed by atoms with E-state index in [0.717, 1.165) is 91.8 Å². The lowest BCUT2D eigenvalue weighted by molar-refractivity contribution is 0.125.